The molecule has 4 rings (SSSR count). The highest BCUT2D eigenvalue weighted by molar-refractivity contribution is 5.16. The average molecular weight is 373 g/mol. The second kappa shape index (κ2) is 6.25. The van der Waals surface area contributed by atoms with Crippen LogP contribution < -0.4 is 0 Å². The lowest BCUT2D eigenvalue weighted by molar-refractivity contribution is -0.234. The summed E-state index contributed by atoms with van der Waals surface area (Å²) < 4.78 is 0. The van der Waals surface area contributed by atoms with Gasteiger partial charge in [-0.05, 0) is 103 Å². The molecule has 0 amide bonds. The van der Waals surface area contributed by atoms with Gasteiger partial charge in [0.2, 0.25) is 0 Å². The first-order valence-corrected chi connectivity index (χ1v) is 12.5. The van der Waals surface area contributed by atoms with Crippen molar-refractivity contribution in [1.82, 2.24) is 0 Å². The van der Waals surface area contributed by atoms with Gasteiger partial charge in [0, 0.05) is 0 Å². The molecule has 27 heavy (non-hydrogen) atoms. The van der Waals surface area contributed by atoms with E-state index in [-0.39, 0.29) is 0 Å². The van der Waals surface area contributed by atoms with Crippen LogP contribution in [0.15, 0.2) is 0 Å². The quantitative estimate of drug-likeness (QED) is 0.455. The number of hydrogen-bond acceptors (Lipinski definition) is 0. The van der Waals surface area contributed by atoms with E-state index in [1.165, 1.54) is 77.0 Å². The highest BCUT2D eigenvalue weighted by atomic mass is 14.7. The maximum atomic E-state index is 2.78. The Hall–Kier alpha value is 0. The highest BCUT2D eigenvalue weighted by Crippen LogP contribution is 2.75. The number of fused-ring (bicyclic) bond motifs is 5. The lowest BCUT2D eigenvalue weighted by Gasteiger charge is -2.72. The maximum Gasteiger partial charge on any atom is -0.0235 e. The molecule has 0 heteroatoms. The van der Waals surface area contributed by atoms with Gasteiger partial charge in [0.1, 0.15) is 0 Å². The molecule has 0 N–H and O–H groups in total. The lowest BCUT2D eigenvalue weighted by atomic mass is 9.32. The summed E-state index contributed by atoms with van der Waals surface area (Å²) in [7, 11) is 0. The van der Waals surface area contributed by atoms with Crippen LogP contribution in [-0.2, 0) is 0 Å². The molecule has 0 aromatic heterocycles. The van der Waals surface area contributed by atoms with Crippen LogP contribution in [0.2, 0.25) is 0 Å². The first kappa shape index (κ1) is 20.3. The highest BCUT2D eigenvalue weighted by Gasteiger charge is 2.67. The molecule has 0 bridgehead atoms. The van der Waals surface area contributed by atoms with Crippen molar-refractivity contribution in [2.75, 3.05) is 0 Å². The van der Waals surface area contributed by atoms with E-state index >= 15 is 0 Å². The molecule has 4 aliphatic carbocycles. The van der Waals surface area contributed by atoms with E-state index in [1.54, 1.807) is 0 Å². The molecule has 4 aliphatic rings. The second-order valence-corrected chi connectivity index (χ2v) is 13.2. The standard InChI is InChI=1S/C27H48/c1-8-14-24(4)16-10-18-26(6)21(24)11-12-22-25(5)17-9-15-23(2,3)20(25)13-19-27(22,26)7/h20-22H,8-19H2,1-7H3. The Morgan fingerprint density at radius 2 is 1.26 bits per heavy atom. The molecule has 0 aromatic carbocycles. The Labute approximate surface area is 170 Å². The van der Waals surface area contributed by atoms with Crippen molar-refractivity contribution in [3.63, 3.8) is 0 Å². The zero-order chi connectivity index (χ0) is 19.7. The molecule has 0 nitrogen and oxygen atoms in total. The van der Waals surface area contributed by atoms with Crippen LogP contribution in [0, 0.1) is 44.8 Å². The van der Waals surface area contributed by atoms with Crippen molar-refractivity contribution in [3.8, 4) is 0 Å². The summed E-state index contributed by atoms with van der Waals surface area (Å²) in [5.41, 5.74) is 2.92. The molecule has 4 fully saturated rings. The van der Waals surface area contributed by atoms with Crippen molar-refractivity contribution >= 4 is 0 Å². The third-order valence-electron chi connectivity index (χ3n) is 11.7. The van der Waals surface area contributed by atoms with E-state index in [9.17, 15) is 0 Å². The van der Waals surface area contributed by atoms with Crippen LogP contribution in [0.25, 0.3) is 0 Å². The molecule has 0 radical (unpaired) electrons. The summed E-state index contributed by atoms with van der Waals surface area (Å²) in [5.74, 6) is 2.90. The minimum Gasteiger partial charge on any atom is -0.0654 e. The smallest absolute Gasteiger partial charge is 0.0235 e. The fraction of sp³-hybridized carbons (Fsp3) is 1.00. The molecule has 0 heterocycles. The zero-order valence-electron chi connectivity index (χ0n) is 19.7. The Bertz CT molecular complexity index is 571. The van der Waals surface area contributed by atoms with Gasteiger partial charge in [-0.25, -0.2) is 0 Å². The lowest BCUT2D eigenvalue weighted by Crippen LogP contribution is -2.65. The predicted molar refractivity (Wildman–Crippen MR) is 118 cm³/mol. The third kappa shape index (κ3) is 2.59. The van der Waals surface area contributed by atoms with Gasteiger partial charge in [-0.3, -0.25) is 0 Å². The van der Waals surface area contributed by atoms with Gasteiger partial charge in [0.25, 0.3) is 0 Å². The van der Waals surface area contributed by atoms with E-state index in [2.05, 4.69) is 48.5 Å². The molecule has 4 saturated carbocycles. The normalized spacial score (nSPS) is 54.6. The van der Waals surface area contributed by atoms with Crippen molar-refractivity contribution in [2.45, 2.75) is 126 Å². The summed E-state index contributed by atoms with van der Waals surface area (Å²) in [4.78, 5) is 0. The van der Waals surface area contributed by atoms with Gasteiger partial charge < -0.3 is 0 Å². The van der Waals surface area contributed by atoms with E-state index in [4.69, 9.17) is 0 Å². The van der Waals surface area contributed by atoms with Gasteiger partial charge in [-0.15, -0.1) is 0 Å². The Balaban J connectivity index is 1.74. The first-order valence-electron chi connectivity index (χ1n) is 12.5. The van der Waals surface area contributed by atoms with Crippen molar-refractivity contribution < 1.29 is 0 Å². The fourth-order valence-electron chi connectivity index (χ4n) is 10.5. The predicted octanol–water partition coefficient (Wildman–Crippen LogP) is 8.64. The van der Waals surface area contributed by atoms with Crippen molar-refractivity contribution in [1.29, 1.82) is 0 Å². The van der Waals surface area contributed by atoms with Crippen LogP contribution in [0.1, 0.15) is 126 Å². The first-order chi connectivity index (χ1) is 12.5. The molecule has 0 aliphatic heterocycles. The summed E-state index contributed by atoms with van der Waals surface area (Å²) >= 11 is 0. The van der Waals surface area contributed by atoms with Gasteiger partial charge in [-0.1, -0.05) is 67.7 Å². The molecule has 0 spiro atoms. The van der Waals surface area contributed by atoms with Gasteiger partial charge in [0.15, 0.2) is 0 Å². The number of hydrogen-bond donors (Lipinski definition) is 0. The summed E-state index contributed by atoms with van der Waals surface area (Å²) in [6.45, 7) is 18.6. The van der Waals surface area contributed by atoms with Crippen molar-refractivity contribution in [3.05, 3.63) is 0 Å². The van der Waals surface area contributed by atoms with Crippen molar-refractivity contribution in [2.24, 2.45) is 44.8 Å². The van der Waals surface area contributed by atoms with Gasteiger partial charge in [-0.2, -0.15) is 0 Å². The summed E-state index contributed by atoms with van der Waals surface area (Å²) in [6.07, 6.45) is 17.8. The Morgan fingerprint density at radius 3 is 1.96 bits per heavy atom. The monoisotopic (exact) mass is 372 g/mol. The van der Waals surface area contributed by atoms with Crippen LogP contribution >= 0.6 is 0 Å². The van der Waals surface area contributed by atoms with Gasteiger partial charge >= 0.3 is 0 Å². The molecule has 7 atom stereocenters. The minimum absolute atomic E-state index is 0.565. The molecule has 0 saturated heterocycles. The summed E-state index contributed by atoms with van der Waals surface area (Å²) in [5, 5.41) is 0. The van der Waals surface area contributed by atoms with E-state index in [0.29, 0.717) is 27.1 Å². The van der Waals surface area contributed by atoms with Crippen LogP contribution in [-0.4, -0.2) is 0 Å². The van der Waals surface area contributed by atoms with E-state index in [0.717, 1.165) is 17.8 Å². The van der Waals surface area contributed by atoms with Gasteiger partial charge in [0.05, 0.1) is 0 Å². The van der Waals surface area contributed by atoms with E-state index < -0.39 is 0 Å². The van der Waals surface area contributed by atoms with Crippen LogP contribution in [0.4, 0.5) is 0 Å². The molecule has 156 valence electrons. The fourth-order valence-corrected chi connectivity index (χ4v) is 10.5. The van der Waals surface area contributed by atoms with Crippen LogP contribution in [0.5, 0.6) is 0 Å². The second-order valence-electron chi connectivity index (χ2n) is 13.2. The largest absolute Gasteiger partial charge is 0.0654 e. The van der Waals surface area contributed by atoms with E-state index in [1.807, 2.05) is 0 Å². The molecular formula is C27H48. The number of rotatable bonds is 2. The molecule has 0 aromatic rings. The third-order valence-corrected chi connectivity index (χ3v) is 11.7. The average Bonchev–Trinajstić information content (AvgIpc) is 2.55. The zero-order valence-corrected chi connectivity index (χ0v) is 19.7. The topological polar surface area (TPSA) is 0 Å². The van der Waals surface area contributed by atoms with Crippen LogP contribution in [0.3, 0.4) is 0 Å². The Kier molecular flexibility index (Phi) is 4.69. The summed E-state index contributed by atoms with van der Waals surface area (Å²) in [6, 6.07) is 0. The molecular weight excluding hydrogens is 324 g/mol. The minimum atomic E-state index is 0.565. The Morgan fingerprint density at radius 1 is 0.630 bits per heavy atom. The maximum absolute atomic E-state index is 2.78. The SMILES string of the molecule is CCCC1(C)CCCC2(C)C1CCC1C3(C)CCCC(C)(C)C3CCC12C. The molecule has 7 unspecified atom stereocenters.